The summed E-state index contributed by atoms with van der Waals surface area (Å²) in [5.74, 6) is 1.29. The standard InChI is InChI=1S/C18H22N6O2/c1-13-10-16(26-23-13)14-11-21-18(22-17(14)15-4-2-9-25-15)20-5-3-7-24-8-6-19-12-24/h6,8,10-12,15H,2-5,7,9H2,1H3,(H,20,21,22)/t15-/m0/s1. The Labute approximate surface area is 151 Å². The summed E-state index contributed by atoms with van der Waals surface area (Å²) in [5.41, 5.74) is 2.55. The van der Waals surface area contributed by atoms with Crippen molar-refractivity contribution in [2.24, 2.45) is 0 Å². The summed E-state index contributed by atoms with van der Waals surface area (Å²) in [6.07, 6.45) is 10.3. The normalized spacial score (nSPS) is 16.9. The van der Waals surface area contributed by atoms with Gasteiger partial charge in [-0.15, -0.1) is 0 Å². The number of rotatable bonds is 7. The van der Waals surface area contributed by atoms with Gasteiger partial charge in [0, 0.05) is 44.4 Å². The number of nitrogens with one attached hydrogen (secondary N) is 1. The van der Waals surface area contributed by atoms with E-state index in [4.69, 9.17) is 14.2 Å². The lowest BCUT2D eigenvalue weighted by Gasteiger charge is -2.14. The second kappa shape index (κ2) is 7.65. The molecule has 1 N–H and O–H groups in total. The van der Waals surface area contributed by atoms with E-state index in [1.807, 2.05) is 25.5 Å². The van der Waals surface area contributed by atoms with Crippen molar-refractivity contribution in [2.75, 3.05) is 18.5 Å². The van der Waals surface area contributed by atoms with Crippen LogP contribution in [-0.4, -0.2) is 37.8 Å². The third-order valence-electron chi connectivity index (χ3n) is 4.38. The van der Waals surface area contributed by atoms with E-state index in [-0.39, 0.29) is 6.10 Å². The third-order valence-corrected chi connectivity index (χ3v) is 4.38. The molecule has 1 aliphatic heterocycles. The molecule has 1 aliphatic rings. The van der Waals surface area contributed by atoms with Crippen LogP contribution in [0.2, 0.25) is 0 Å². The van der Waals surface area contributed by atoms with E-state index in [1.165, 1.54) is 0 Å². The first kappa shape index (κ1) is 16.7. The molecular weight excluding hydrogens is 332 g/mol. The number of aromatic nitrogens is 5. The first-order valence-electron chi connectivity index (χ1n) is 8.91. The Kier molecular flexibility index (Phi) is 4.92. The Bertz CT molecular complexity index is 839. The molecule has 136 valence electrons. The number of hydrogen-bond acceptors (Lipinski definition) is 7. The van der Waals surface area contributed by atoms with Crippen LogP contribution in [0, 0.1) is 6.92 Å². The molecule has 0 saturated carbocycles. The lowest BCUT2D eigenvalue weighted by molar-refractivity contribution is 0.109. The minimum Gasteiger partial charge on any atom is -0.372 e. The number of imidazole rings is 1. The molecule has 0 bridgehead atoms. The monoisotopic (exact) mass is 354 g/mol. The second-order valence-corrected chi connectivity index (χ2v) is 6.41. The second-order valence-electron chi connectivity index (χ2n) is 6.41. The van der Waals surface area contributed by atoms with Crippen molar-refractivity contribution in [3.8, 4) is 11.3 Å². The topological polar surface area (TPSA) is 90.9 Å². The number of nitrogens with zero attached hydrogens (tertiary/aromatic N) is 5. The summed E-state index contributed by atoms with van der Waals surface area (Å²) in [4.78, 5) is 13.2. The Hall–Kier alpha value is -2.74. The average Bonchev–Trinajstić information content (AvgIpc) is 3.41. The van der Waals surface area contributed by atoms with Crippen molar-refractivity contribution >= 4 is 5.95 Å². The lowest BCUT2D eigenvalue weighted by atomic mass is 10.1. The maximum atomic E-state index is 5.85. The van der Waals surface area contributed by atoms with Gasteiger partial charge in [0.15, 0.2) is 5.76 Å². The van der Waals surface area contributed by atoms with Gasteiger partial charge in [0.05, 0.1) is 23.3 Å². The molecule has 0 radical (unpaired) electrons. The summed E-state index contributed by atoms with van der Waals surface area (Å²) < 4.78 is 13.3. The largest absolute Gasteiger partial charge is 0.372 e. The summed E-state index contributed by atoms with van der Waals surface area (Å²) >= 11 is 0. The third kappa shape index (κ3) is 3.75. The highest BCUT2D eigenvalue weighted by atomic mass is 16.5. The Morgan fingerprint density at radius 1 is 1.38 bits per heavy atom. The predicted octanol–water partition coefficient (Wildman–Crippen LogP) is 2.99. The van der Waals surface area contributed by atoms with Crippen LogP contribution in [0.5, 0.6) is 0 Å². The number of aryl methyl sites for hydroxylation is 2. The summed E-state index contributed by atoms with van der Waals surface area (Å²) in [6, 6.07) is 1.90. The fourth-order valence-electron chi connectivity index (χ4n) is 3.08. The molecule has 8 nitrogen and oxygen atoms in total. The molecular formula is C18H22N6O2. The number of hydrogen-bond donors (Lipinski definition) is 1. The van der Waals surface area contributed by atoms with E-state index < -0.39 is 0 Å². The van der Waals surface area contributed by atoms with Crippen molar-refractivity contribution in [1.82, 2.24) is 24.7 Å². The van der Waals surface area contributed by atoms with Crippen molar-refractivity contribution in [2.45, 2.75) is 38.8 Å². The highest BCUT2D eigenvalue weighted by molar-refractivity contribution is 5.61. The molecule has 3 aromatic heterocycles. The van der Waals surface area contributed by atoms with Crippen LogP contribution in [0.25, 0.3) is 11.3 Å². The number of anilines is 1. The first-order chi connectivity index (χ1) is 12.8. The smallest absolute Gasteiger partial charge is 0.222 e. The van der Waals surface area contributed by atoms with Gasteiger partial charge in [-0.3, -0.25) is 0 Å². The van der Waals surface area contributed by atoms with Gasteiger partial charge in [-0.2, -0.15) is 0 Å². The van der Waals surface area contributed by atoms with Gasteiger partial charge in [0.1, 0.15) is 6.10 Å². The molecule has 4 heterocycles. The molecule has 4 rings (SSSR count). The number of ether oxygens (including phenoxy) is 1. The maximum absolute atomic E-state index is 5.85. The molecule has 1 atom stereocenters. The van der Waals surface area contributed by atoms with Gasteiger partial charge in [0.2, 0.25) is 5.95 Å². The van der Waals surface area contributed by atoms with Crippen LogP contribution in [0.1, 0.15) is 36.8 Å². The van der Waals surface area contributed by atoms with E-state index in [0.29, 0.717) is 11.7 Å². The Morgan fingerprint density at radius 2 is 2.35 bits per heavy atom. The quantitative estimate of drug-likeness (QED) is 0.652. The first-order valence-corrected chi connectivity index (χ1v) is 8.91. The van der Waals surface area contributed by atoms with Gasteiger partial charge in [-0.1, -0.05) is 5.16 Å². The molecule has 1 fully saturated rings. The predicted molar refractivity (Wildman–Crippen MR) is 95.5 cm³/mol. The Balaban J connectivity index is 1.48. The van der Waals surface area contributed by atoms with Gasteiger partial charge < -0.3 is 19.1 Å². The SMILES string of the molecule is Cc1cc(-c2cnc(NCCCn3ccnc3)nc2[C@@H]2CCCO2)on1. The van der Waals surface area contributed by atoms with E-state index in [1.54, 1.807) is 12.4 Å². The minimum absolute atomic E-state index is 0.0232. The molecule has 26 heavy (non-hydrogen) atoms. The molecule has 0 amide bonds. The van der Waals surface area contributed by atoms with Gasteiger partial charge in [-0.25, -0.2) is 15.0 Å². The van der Waals surface area contributed by atoms with Crippen LogP contribution < -0.4 is 5.32 Å². The molecule has 8 heteroatoms. The highest BCUT2D eigenvalue weighted by Crippen LogP contribution is 2.34. The Morgan fingerprint density at radius 3 is 3.08 bits per heavy atom. The molecule has 1 saturated heterocycles. The maximum Gasteiger partial charge on any atom is 0.222 e. The van der Waals surface area contributed by atoms with Gasteiger partial charge in [-0.05, 0) is 26.2 Å². The summed E-state index contributed by atoms with van der Waals surface area (Å²) in [7, 11) is 0. The molecule has 3 aromatic rings. The van der Waals surface area contributed by atoms with Crippen LogP contribution in [0.15, 0.2) is 35.5 Å². The summed E-state index contributed by atoms with van der Waals surface area (Å²) in [6.45, 7) is 4.35. The molecule has 0 spiro atoms. The van der Waals surface area contributed by atoms with E-state index in [0.717, 1.165) is 55.9 Å². The van der Waals surface area contributed by atoms with Crippen LogP contribution in [-0.2, 0) is 11.3 Å². The van der Waals surface area contributed by atoms with Gasteiger partial charge in [0.25, 0.3) is 0 Å². The van der Waals surface area contributed by atoms with Crippen LogP contribution >= 0.6 is 0 Å². The lowest BCUT2D eigenvalue weighted by Crippen LogP contribution is -2.11. The van der Waals surface area contributed by atoms with E-state index in [9.17, 15) is 0 Å². The van der Waals surface area contributed by atoms with E-state index in [2.05, 4.69) is 25.0 Å². The molecule has 0 aromatic carbocycles. The molecule has 0 aliphatic carbocycles. The zero-order valence-electron chi connectivity index (χ0n) is 14.8. The van der Waals surface area contributed by atoms with Crippen molar-refractivity contribution in [3.63, 3.8) is 0 Å². The highest BCUT2D eigenvalue weighted by Gasteiger charge is 2.25. The molecule has 0 unspecified atom stereocenters. The average molecular weight is 354 g/mol. The van der Waals surface area contributed by atoms with Crippen molar-refractivity contribution in [3.05, 3.63) is 42.4 Å². The fraction of sp³-hybridized carbons (Fsp3) is 0.444. The fourth-order valence-corrected chi connectivity index (χ4v) is 3.08. The van der Waals surface area contributed by atoms with Crippen molar-refractivity contribution < 1.29 is 9.26 Å². The van der Waals surface area contributed by atoms with Crippen molar-refractivity contribution in [1.29, 1.82) is 0 Å². The van der Waals surface area contributed by atoms with Crippen LogP contribution in [0.4, 0.5) is 5.95 Å². The van der Waals surface area contributed by atoms with Gasteiger partial charge >= 0.3 is 0 Å². The zero-order valence-corrected chi connectivity index (χ0v) is 14.8. The zero-order chi connectivity index (χ0) is 17.8. The minimum atomic E-state index is -0.0232. The summed E-state index contributed by atoms with van der Waals surface area (Å²) in [5, 5.41) is 7.27. The van der Waals surface area contributed by atoms with Crippen LogP contribution in [0.3, 0.4) is 0 Å². The van der Waals surface area contributed by atoms with E-state index >= 15 is 0 Å².